The van der Waals surface area contributed by atoms with E-state index < -0.39 is 0 Å². The van der Waals surface area contributed by atoms with Crippen molar-refractivity contribution in [2.75, 3.05) is 11.9 Å². The quantitative estimate of drug-likeness (QED) is 0.838. The van der Waals surface area contributed by atoms with Crippen LogP contribution in [0, 0.1) is 11.8 Å². The topological polar surface area (TPSA) is 66.5 Å². The first-order chi connectivity index (χ1) is 8.72. The van der Waals surface area contributed by atoms with Gasteiger partial charge in [0.1, 0.15) is 5.82 Å². The lowest BCUT2D eigenvalue weighted by Crippen LogP contribution is -2.12. The number of nitrogens with one attached hydrogen (secondary N) is 2. The molecule has 0 amide bonds. The predicted octanol–water partition coefficient (Wildman–Crippen LogP) is 2.85. The van der Waals surface area contributed by atoms with E-state index in [0.29, 0.717) is 5.65 Å². The first-order valence-electron chi connectivity index (χ1n) is 6.33. The van der Waals surface area contributed by atoms with Crippen LogP contribution in [0.15, 0.2) is 6.20 Å². The summed E-state index contributed by atoms with van der Waals surface area (Å²) >= 11 is 5.89. The number of nitrogens with zero attached hydrogens (tertiary/aromatic N) is 3. The van der Waals surface area contributed by atoms with Crippen LogP contribution in [0.5, 0.6) is 0 Å². The van der Waals surface area contributed by atoms with Crippen molar-refractivity contribution in [2.45, 2.75) is 26.2 Å². The monoisotopic (exact) mass is 265 g/mol. The first kappa shape index (κ1) is 11.7. The van der Waals surface area contributed by atoms with Gasteiger partial charge in [0.2, 0.25) is 5.28 Å². The molecule has 96 valence electrons. The van der Waals surface area contributed by atoms with E-state index in [0.717, 1.165) is 29.6 Å². The Morgan fingerprint density at radius 3 is 3.11 bits per heavy atom. The number of halogens is 1. The Morgan fingerprint density at radius 1 is 1.44 bits per heavy atom. The van der Waals surface area contributed by atoms with Crippen molar-refractivity contribution in [2.24, 2.45) is 11.8 Å². The Hall–Kier alpha value is -1.36. The molecule has 0 bridgehead atoms. The molecule has 0 aromatic carbocycles. The van der Waals surface area contributed by atoms with E-state index in [1.54, 1.807) is 6.20 Å². The highest BCUT2D eigenvalue weighted by atomic mass is 35.5. The maximum absolute atomic E-state index is 5.89. The van der Waals surface area contributed by atoms with E-state index in [9.17, 15) is 0 Å². The molecule has 1 aliphatic rings. The molecule has 2 N–H and O–H groups in total. The van der Waals surface area contributed by atoms with Gasteiger partial charge in [-0.05, 0) is 36.3 Å². The summed E-state index contributed by atoms with van der Waals surface area (Å²) in [7, 11) is 0. The molecule has 2 aromatic heterocycles. The van der Waals surface area contributed by atoms with Crippen LogP contribution in [-0.4, -0.2) is 26.7 Å². The Labute approximate surface area is 110 Å². The highest BCUT2D eigenvalue weighted by Gasteiger charge is 2.21. The standard InChI is InChI=1S/C12H16ClN5/c1-7-2-3-8(4-7)5-14-10-9-6-15-18-11(9)17-12(13)16-10/h6-8H,2-5H2,1H3,(H2,14,15,16,17,18). The summed E-state index contributed by atoms with van der Waals surface area (Å²) in [6.07, 6.45) is 5.64. The minimum Gasteiger partial charge on any atom is -0.369 e. The van der Waals surface area contributed by atoms with Gasteiger partial charge in [-0.15, -0.1) is 0 Å². The summed E-state index contributed by atoms with van der Waals surface area (Å²) in [5, 5.41) is 11.3. The Bertz CT molecular complexity index is 552. The average Bonchev–Trinajstić information content (AvgIpc) is 2.94. The number of hydrogen-bond donors (Lipinski definition) is 2. The molecule has 0 spiro atoms. The van der Waals surface area contributed by atoms with Gasteiger partial charge in [-0.2, -0.15) is 15.1 Å². The number of aromatic amines is 1. The molecule has 1 aliphatic carbocycles. The highest BCUT2D eigenvalue weighted by molar-refractivity contribution is 6.28. The molecule has 1 saturated carbocycles. The summed E-state index contributed by atoms with van der Waals surface area (Å²) in [6, 6.07) is 0. The zero-order chi connectivity index (χ0) is 12.5. The molecule has 0 aliphatic heterocycles. The summed E-state index contributed by atoms with van der Waals surface area (Å²) < 4.78 is 0. The maximum Gasteiger partial charge on any atom is 0.226 e. The Morgan fingerprint density at radius 2 is 2.33 bits per heavy atom. The molecule has 5 nitrogen and oxygen atoms in total. The van der Waals surface area contributed by atoms with Crippen LogP contribution in [-0.2, 0) is 0 Å². The first-order valence-corrected chi connectivity index (χ1v) is 6.70. The van der Waals surface area contributed by atoms with E-state index >= 15 is 0 Å². The molecule has 18 heavy (non-hydrogen) atoms. The fourth-order valence-corrected chi connectivity index (χ4v) is 2.86. The van der Waals surface area contributed by atoms with Gasteiger partial charge in [0.05, 0.1) is 11.6 Å². The summed E-state index contributed by atoms with van der Waals surface area (Å²) in [4.78, 5) is 8.32. The smallest absolute Gasteiger partial charge is 0.226 e. The van der Waals surface area contributed by atoms with Crippen molar-refractivity contribution in [3.63, 3.8) is 0 Å². The number of aromatic nitrogens is 4. The predicted molar refractivity (Wildman–Crippen MR) is 71.7 cm³/mol. The van der Waals surface area contributed by atoms with Crippen molar-refractivity contribution >= 4 is 28.5 Å². The van der Waals surface area contributed by atoms with Gasteiger partial charge >= 0.3 is 0 Å². The van der Waals surface area contributed by atoms with Crippen molar-refractivity contribution in [1.82, 2.24) is 20.2 Å². The third-order valence-electron chi connectivity index (χ3n) is 3.64. The largest absolute Gasteiger partial charge is 0.369 e. The second-order valence-electron chi connectivity index (χ2n) is 5.14. The number of fused-ring (bicyclic) bond motifs is 1. The Kier molecular flexibility index (Phi) is 3.07. The number of rotatable bonds is 3. The van der Waals surface area contributed by atoms with Crippen molar-refractivity contribution < 1.29 is 0 Å². The van der Waals surface area contributed by atoms with E-state index in [1.165, 1.54) is 19.3 Å². The number of H-pyrrole nitrogens is 1. The van der Waals surface area contributed by atoms with Gasteiger partial charge in [0.15, 0.2) is 5.65 Å². The molecule has 6 heteroatoms. The van der Waals surface area contributed by atoms with Crippen molar-refractivity contribution in [3.8, 4) is 0 Å². The lowest BCUT2D eigenvalue weighted by atomic mass is 10.1. The fraction of sp³-hybridized carbons (Fsp3) is 0.583. The van der Waals surface area contributed by atoms with Crippen LogP contribution in [0.1, 0.15) is 26.2 Å². The van der Waals surface area contributed by atoms with Gasteiger partial charge < -0.3 is 5.32 Å². The van der Waals surface area contributed by atoms with Crippen LogP contribution in [0.4, 0.5) is 5.82 Å². The van der Waals surface area contributed by atoms with Gasteiger partial charge in [0.25, 0.3) is 0 Å². The molecule has 0 radical (unpaired) electrons. The molecule has 1 fully saturated rings. The molecule has 3 rings (SSSR count). The molecule has 2 heterocycles. The summed E-state index contributed by atoms with van der Waals surface area (Å²) in [5.41, 5.74) is 0.678. The molecule has 0 saturated heterocycles. The SMILES string of the molecule is CC1CCC(CNc2nc(Cl)nc3[nH]ncc23)C1. The van der Waals surface area contributed by atoms with Crippen LogP contribution in [0.25, 0.3) is 11.0 Å². The third kappa shape index (κ3) is 2.27. The van der Waals surface area contributed by atoms with Crippen LogP contribution in [0.2, 0.25) is 5.28 Å². The zero-order valence-electron chi connectivity index (χ0n) is 10.3. The normalized spacial score (nSPS) is 23.7. The lowest BCUT2D eigenvalue weighted by Gasteiger charge is -2.12. The van der Waals surface area contributed by atoms with E-state index in [-0.39, 0.29) is 5.28 Å². The van der Waals surface area contributed by atoms with Crippen LogP contribution < -0.4 is 5.32 Å². The second-order valence-corrected chi connectivity index (χ2v) is 5.48. The van der Waals surface area contributed by atoms with E-state index in [4.69, 9.17) is 11.6 Å². The van der Waals surface area contributed by atoms with Crippen LogP contribution >= 0.6 is 11.6 Å². The van der Waals surface area contributed by atoms with E-state index in [1.807, 2.05) is 0 Å². The van der Waals surface area contributed by atoms with Crippen LogP contribution in [0.3, 0.4) is 0 Å². The Balaban J connectivity index is 1.75. The molecular weight excluding hydrogens is 250 g/mol. The third-order valence-corrected chi connectivity index (χ3v) is 3.81. The van der Waals surface area contributed by atoms with Crippen molar-refractivity contribution in [1.29, 1.82) is 0 Å². The average molecular weight is 266 g/mol. The molecular formula is C12H16ClN5. The van der Waals surface area contributed by atoms with Crippen molar-refractivity contribution in [3.05, 3.63) is 11.5 Å². The van der Waals surface area contributed by atoms with Gasteiger partial charge in [-0.1, -0.05) is 13.3 Å². The molecule has 2 atom stereocenters. The second kappa shape index (κ2) is 4.72. The lowest BCUT2D eigenvalue weighted by molar-refractivity contribution is 0.536. The maximum atomic E-state index is 5.89. The van der Waals surface area contributed by atoms with Gasteiger partial charge in [-0.25, -0.2) is 0 Å². The molecule has 2 aromatic rings. The summed E-state index contributed by atoms with van der Waals surface area (Å²) in [6.45, 7) is 3.26. The van der Waals surface area contributed by atoms with E-state index in [2.05, 4.69) is 32.4 Å². The molecule has 2 unspecified atom stereocenters. The minimum atomic E-state index is 0.244. The number of hydrogen-bond acceptors (Lipinski definition) is 4. The fourth-order valence-electron chi connectivity index (χ4n) is 2.69. The van der Waals surface area contributed by atoms with Gasteiger partial charge in [-0.3, -0.25) is 5.10 Å². The summed E-state index contributed by atoms with van der Waals surface area (Å²) in [5.74, 6) is 2.36. The van der Waals surface area contributed by atoms with Gasteiger partial charge in [0, 0.05) is 6.54 Å². The number of anilines is 1. The minimum absolute atomic E-state index is 0.244. The highest BCUT2D eigenvalue weighted by Crippen LogP contribution is 2.30. The zero-order valence-corrected chi connectivity index (χ0v) is 11.0.